The number of likely N-dealkylation sites (N-methyl/N-ethyl adjacent to an activating group) is 1. The van der Waals surface area contributed by atoms with Gasteiger partial charge in [-0.2, -0.15) is 5.26 Å². The molecule has 1 aromatic rings. The SMILES string of the molecule is Cc1ccc(CC(=O)N(C)C(C)CC#N)cc1C. The Morgan fingerprint density at radius 2 is 2.06 bits per heavy atom. The lowest BCUT2D eigenvalue weighted by Crippen LogP contribution is -2.35. The molecule has 1 amide bonds. The summed E-state index contributed by atoms with van der Waals surface area (Å²) < 4.78 is 0. The zero-order valence-corrected chi connectivity index (χ0v) is 11.5. The van der Waals surface area contributed by atoms with Crippen molar-refractivity contribution in [2.75, 3.05) is 7.05 Å². The lowest BCUT2D eigenvalue weighted by Gasteiger charge is -2.23. The van der Waals surface area contributed by atoms with Gasteiger partial charge in [0.1, 0.15) is 0 Å². The standard InChI is InChI=1S/C15H20N2O/c1-11-5-6-14(9-12(11)2)10-15(18)17(4)13(3)7-8-16/h5-6,9,13H,7,10H2,1-4H3. The summed E-state index contributed by atoms with van der Waals surface area (Å²) >= 11 is 0. The molecule has 0 saturated heterocycles. The molecule has 0 aliphatic carbocycles. The highest BCUT2D eigenvalue weighted by Gasteiger charge is 2.15. The first-order chi connectivity index (χ1) is 8.45. The Morgan fingerprint density at radius 3 is 2.61 bits per heavy atom. The number of benzene rings is 1. The summed E-state index contributed by atoms with van der Waals surface area (Å²) in [5, 5.41) is 8.64. The van der Waals surface area contributed by atoms with Crippen molar-refractivity contribution < 1.29 is 4.79 Å². The molecule has 1 unspecified atom stereocenters. The third kappa shape index (κ3) is 3.59. The highest BCUT2D eigenvalue weighted by atomic mass is 16.2. The van der Waals surface area contributed by atoms with Crippen LogP contribution in [-0.2, 0) is 11.2 Å². The number of amides is 1. The summed E-state index contributed by atoms with van der Waals surface area (Å²) in [7, 11) is 1.76. The third-order valence-electron chi connectivity index (χ3n) is 3.37. The molecule has 0 aromatic heterocycles. The number of carbonyl (C=O) groups is 1. The molecule has 18 heavy (non-hydrogen) atoms. The minimum absolute atomic E-state index is 0.0333. The molecule has 0 aliphatic rings. The van der Waals surface area contributed by atoms with Crippen LogP contribution in [0.15, 0.2) is 18.2 Å². The van der Waals surface area contributed by atoms with E-state index >= 15 is 0 Å². The van der Waals surface area contributed by atoms with Gasteiger partial charge in [0, 0.05) is 13.1 Å². The van der Waals surface area contributed by atoms with E-state index in [2.05, 4.69) is 19.1 Å². The predicted molar refractivity (Wildman–Crippen MR) is 72.1 cm³/mol. The van der Waals surface area contributed by atoms with E-state index in [-0.39, 0.29) is 11.9 Å². The molecule has 0 aliphatic heterocycles. The van der Waals surface area contributed by atoms with E-state index < -0.39 is 0 Å². The summed E-state index contributed by atoms with van der Waals surface area (Å²) in [5.41, 5.74) is 3.46. The normalized spacial score (nSPS) is 11.7. The summed E-state index contributed by atoms with van der Waals surface area (Å²) in [6.45, 7) is 5.99. The maximum absolute atomic E-state index is 12.0. The first-order valence-electron chi connectivity index (χ1n) is 6.14. The van der Waals surface area contributed by atoms with Crippen LogP contribution >= 0.6 is 0 Å². The Kier molecular flexibility index (Phi) is 4.91. The van der Waals surface area contributed by atoms with Crippen LogP contribution in [0.5, 0.6) is 0 Å². The van der Waals surface area contributed by atoms with Crippen molar-refractivity contribution in [1.29, 1.82) is 5.26 Å². The van der Waals surface area contributed by atoms with Gasteiger partial charge < -0.3 is 4.90 Å². The van der Waals surface area contributed by atoms with E-state index in [4.69, 9.17) is 5.26 Å². The minimum Gasteiger partial charge on any atom is -0.342 e. The molecule has 3 nitrogen and oxygen atoms in total. The average Bonchev–Trinajstić information content (AvgIpc) is 2.33. The van der Waals surface area contributed by atoms with Gasteiger partial charge in [-0.1, -0.05) is 18.2 Å². The Bertz CT molecular complexity index is 474. The topological polar surface area (TPSA) is 44.1 Å². The molecule has 1 aromatic carbocycles. The Hall–Kier alpha value is -1.82. The van der Waals surface area contributed by atoms with Crippen molar-refractivity contribution in [2.45, 2.75) is 39.7 Å². The number of nitriles is 1. The van der Waals surface area contributed by atoms with Gasteiger partial charge >= 0.3 is 0 Å². The molecule has 1 atom stereocenters. The molecule has 3 heteroatoms. The van der Waals surface area contributed by atoms with Crippen molar-refractivity contribution in [3.8, 4) is 6.07 Å². The summed E-state index contributed by atoms with van der Waals surface area (Å²) in [6, 6.07) is 8.14. The lowest BCUT2D eigenvalue weighted by molar-refractivity contribution is -0.130. The molecular weight excluding hydrogens is 224 g/mol. The van der Waals surface area contributed by atoms with E-state index in [1.165, 1.54) is 11.1 Å². The largest absolute Gasteiger partial charge is 0.342 e. The summed E-state index contributed by atoms with van der Waals surface area (Å²) in [6.07, 6.45) is 0.766. The number of nitrogens with zero attached hydrogens (tertiary/aromatic N) is 2. The van der Waals surface area contributed by atoms with Gasteiger partial charge in [-0.15, -0.1) is 0 Å². The van der Waals surface area contributed by atoms with Gasteiger partial charge in [0.25, 0.3) is 0 Å². The van der Waals surface area contributed by atoms with Crippen LogP contribution in [0.4, 0.5) is 0 Å². The Labute approximate surface area is 109 Å². The molecule has 96 valence electrons. The monoisotopic (exact) mass is 244 g/mol. The van der Waals surface area contributed by atoms with Crippen LogP contribution in [0.25, 0.3) is 0 Å². The van der Waals surface area contributed by atoms with Crippen LogP contribution in [-0.4, -0.2) is 23.9 Å². The quantitative estimate of drug-likeness (QED) is 0.817. The van der Waals surface area contributed by atoms with Crippen LogP contribution in [0.1, 0.15) is 30.0 Å². The third-order valence-corrected chi connectivity index (χ3v) is 3.37. The molecule has 0 N–H and O–H groups in total. The van der Waals surface area contributed by atoms with Crippen molar-refractivity contribution in [3.63, 3.8) is 0 Å². The highest BCUT2D eigenvalue weighted by Crippen LogP contribution is 2.12. The minimum atomic E-state index is -0.0333. The lowest BCUT2D eigenvalue weighted by atomic mass is 10.0. The van der Waals surface area contributed by atoms with Crippen molar-refractivity contribution in [3.05, 3.63) is 34.9 Å². The zero-order chi connectivity index (χ0) is 13.7. The smallest absolute Gasteiger partial charge is 0.227 e. The van der Waals surface area contributed by atoms with Gasteiger partial charge in [0.2, 0.25) is 5.91 Å². The molecule has 0 saturated carbocycles. The van der Waals surface area contributed by atoms with Crippen LogP contribution in [0.3, 0.4) is 0 Å². The number of aryl methyl sites for hydroxylation is 2. The van der Waals surface area contributed by atoms with E-state index in [0.717, 1.165) is 5.56 Å². The maximum atomic E-state index is 12.0. The predicted octanol–water partition coefficient (Wildman–Crippen LogP) is 2.61. The Morgan fingerprint density at radius 1 is 1.39 bits per heavy atom. The number of carbonyl (C=O) groups excluding carboxylic acids is 1. The van der Waals surface area contributed by atoms with Crippen LogP contribution in [0, 0.1) is 25.2 Å². The first-order valence-corrected chi connectivity index (χ1v) is 6.14. The van der Waals surface area contributed by atoms with Gasteiger partial charge in [-0.05, 0) is 37.5 Å². The molecule has 0 spiro atoms. The van der Waals surface area contributed by atoms with E-state index in [9.17, 15) is 4.79 Å². The van der Waals surface area contributed by atoms with Crippen molar-refractivity contribution >= 4 is 5.91 Å². The molecule has 0 bridgehead atoms. The first kappa shape index (κ1) is 14.2. The van der Waals surface area contributed by atoms with Crippen molar-refractivity contribution in [2.24, 2.45) is 0 Å². The average molecular weight is 244 g/mol. The second kappa shape index (κ2) is 6.20. The fourth-order valence-corrected chi connectivity index (χ4v) is 1.73. The van der Waals surface area contributed by atoms with Crippen LogP contribution < -0.4 is 0 Å². The molecule has 0 heterocycles. The second-order valence-corrected chi connectivity index (χ2v) is 4.81. The summed E-state index contributed by atoms with van der Waals surface area (Å²) in [4.78, 5) is 13.7. The van der Waals surface area contributed by atoms with E-state index in [1.807, 2.05) is 26.0 Å². The van der Waals surface area contributed by atoms with Gasteiger partial charge in [0.15, 0.2) is 0 Å². The fourth-order valence-electron chi connectivity index (χ4n) is 1.73. The van der Waals surface area contributed by atoms with Crippen LogP contribution in [0.2, 0.25) is 0 Å². The van der Waals surface area contributed by atoms with Gasteiger partial charge in [-0.25, -0.2) is 0 Å². The highest BCUT2D eigenvalue weighted by molar-refractivity contribution is 5.78. The van der Waals surface area contributed by atoms with E-state index in [0.29, 0.717) is 12.8 Å². The molecule has 1 rings (SSSR count). The Balaban J connectivity index is 2.70. The molecular formula is C15H20N2O. The van der Waals surface area contributed by atoms with Crippen molar-refractivity contribution in [1.82, 2.24) is 4.90 Å². The van der Waals surface area contributed by atoms with E-state index in [1.54, 1.807) is 11.9 Å². The van der Waals surface area contributed by atoms with Gasteiger partial charge in [-0.3, -0.25) is 4.79 Å². The fraction of sp³-hybridized carbons (Fsp3) is 0.467. The van der Waals surface area contributed by atoms with Gasteiger partial charge in [0.05, 0.1) is 18.9 Å². The maximum Gasteiger partial charge on any atom is 0.227 e. The number of hydrogen-bond acceptors (Lipinski definition) is 2. The zero-order valence-electron chi connectivity index (χ0n) is 11.5. The molecule has 0 fully saturated rings. The number of hydrogen-bond donors (Lipinski definition) is 0. The number of rotatable bonds is 4. The molecule has 0 radical (unpaired) electrons. The second-order valence-electron chi connectivity index (χ2n) is 4.81. The summed E-state index contributed by atoms with van der Waals surface area (Å²) in [5.74, 6) is 0.0565.